The molecule has 0 radical (unpaired) electrons. The molecule has 0 bridgehead atoms. The van der Waals surface area contributed by atoms with Gasteiger partial charge in [-0.3, -0.25) is 9.59 Å². The second-order valence-corrected chi connectivity index (χ2v) is 6.53. The molecule has 2 rings (SSSR count). The van der Waals surface area contributed by atoms with Gasteiger partial charge in [0.25, 0.3) is 0 Å². The lowest BCUT2D eigenvalue weighted by atomic mass is 10.1. The second-order valence-electron chi connectivity index (χ2n) is 5.61. The molecule has 0 aliphatic carbocycles. The topological polar surface area (TPSA) is 49.4 Å². The first kappa shape index (κ1) is 18.2. The maximum absolute atomic E-state index is 12.0. The Labute approximate surface area is 151 Å². The number of amides is 2. The summed E-state index contributed by atoms with van der Waals surface area (Å²) in [5, 5.41) is 2.88. The first-order valence-corrected chi connectivity index (χ1v) is 8.61. The van der Waals surface area contributed by atoms with Crippen molar-refractivity contribution in [3.8, 4) is 0 Å². The molecule has 0 saturated carbocycles. The Kier molecular flexibility index (Phi) is 6.55. The fourth-order valence-corrected chi connectivity index (χ4v) is 3.00. The number of nitrogens with one attached hydrogen (secondary N) is 1. The SMILES string of the molecule is CC(=O)N(CCNC(=O)Cc1ccccc1)c1ccc(Br)cc1C. The number of nitrogens with zero attached hydrogens (tertiary/aromatic N) is 1. The maximum Gasteiger partial charge on any atom is 0.224 e. The van der Waals surface area contributed by atoms with Crippen molar-refractivity contribution in [2.45, 2.75) is 20.3 Å². The fraction of sp³-hybridized carbons (Fsp3) is 0.263. The van der Waals surface area contributed by atoms with Crippen molar-refractivity contribution in [3.05, 3.63) is 64.1 Å². The molecule has 0 aliphatic rings. The van der Waals surface area contributed by atoms with Gasteiger partial charge in [0.15, 0.2) is 0 Å². The zero-order valence-corrected chi connectivity index (χ0v) is 15.5. The van der Waals surface area contributed by atoms with Crippen LogP contribution in [0.25, 0.3) is 0 Å². The summed E-state index contributed by atoms with van der Waals surface area (Å²) >= 11 is 3.43. The van der Waals surface area contributed by atoms with Crippen LogP contribution in [0.5, 0.6) is 0 Å². The number of anilines is 1. The van der Waals surface area contributed by atoms with E-state index in [1.54, 1.807) is 4.90 Å². The quantitative estimate of drug-likeness (QED) is 0.823. The van der Waals surface area contributed by atoms with E-state index in [2.05, 4.69) is 21.2 Å². The van der Waals surface area contributed by atoms with Gasteiger partial charge in [0.05, 0.1) is 6.42 Å². The second kappa shape index (κ2) is 8.64. The predicted octanol–water partition coefficient (Wildman–Crippen LogP) is 3.47. The van der Waals surface area contributed by atoms with E-state index < -0.39 is 0 Å². The maximum atomic E-state index is 12.0. The number of hydrogen-bond acceptors (Lipinski definition) is 2. The lowest BCUT2D eigenvalue weighted by Crippen LogP contribution is -2.38. The molecule has 0 fully saturated rings. The van der Waals surface area contributed by atoms with E-state index in [4.69, 9.17) is 0 Å². The van der Waals surface area contributed by atoms with Crippen LogP contribution in [0.15, 0.2) is 53.0 Å². The molecule has 0 aromatic heterocycles. The van der Waals surface area contributed by atoms with Crippen molar-refractivity contribution in [3.63, 3.8) is 0 Å². The van der Waals surface area contributed by atoms with Gasteiger partial charge >= 0.3 is 0 Å². The molecule has 2 aromatic rings. The summed E-state index contributed by atoms with van der Waals surface area (Å²) in [6, 6.07) is 15.4. The third-order valence-corrected chi connectivity index (χ3v) is 4.19. The summed E-state index contributed by atoms with van der Waals surface area (Å²) in [7, 11) is 0. The Morgan fingerprint density at radius 1 is 1.12 bits per heavy atom. The highest BCUT2D eigenvalue weighted by Crippen LogP contribution is 2.23. The molecule has 1 N–H and O–H groups in total. The number of carbonyl (C=O) groups is 2. The molecular formula is C19H21BrN2O2. The van der Waals surface area contributed by atoms with Gasteiger partial charge < -0.3 is 10.2 Å². The van der Waals surface area contributed by atoms with E-state index in [9.17, 15) is 9.59 Å². The Morgan fingerprint density at radius 3 is 2.46 bits per heavy atom. The first-order chi connectivity index (χ1) is 11.5. The number of benzene rings is 2. The Morgan fingerprint density at radius 2 is 1.83 bits per heavy atom. The molecule has 0 spiro atoms. The standard InChI is InChI=1S/C19H21BrN2O2/c1-14-12-17(20)8-9-18(14)22(15(2)23)11-10-21-19(24)13-16-6-4-3-5-7-16/h3-9,12H,10-11,13H2,1-2H3,(H,21,24). The number of carbonyl (C=O) groups excluding carboxylic acids is 2. The molecular weight excluding hydrogens is 368 g/mol. The van der Waals surface area contributed by atoms with Crippen LogP contribution in [0.4, 0.5) is 5.69 Å². The van der Waals surface area contributed by atoms with E-state index in [0.717, 1.165) is 21.3 Å². The molecule has 5 heteroatoms. The minimum Gasteiger partial charge on any atom is -0.354 e. The van der Waals surface area contributed by atoms with Crippen LogP contribution in [0.1, 0.15) is 18.1 Å². The number of hydrogen-bond donors (Lipinski definition) is 1. The average molecular weight is 389 g/mol. The molecule has 2 aromatic carbocycles. The first-order valence-electron chi connectivity index (χ1n) is 7.82. The Bertz CT molecular complexity index is 717. The number of rotatable bonds is 6. The smallest absolute Gasteiger partial charge is 0.224 e. The molecule has 0 atom stereocenters. The van der Waals surface area contributed by atoms with Gasteiger partial charge in [0.2, 0.25) is 11.8 Å². The van der Waals surface area contributed by atoms with Gasteiger partial charge in [-0.25, -0.2) is 0 Å². The monoisotopic (exact) mass is 388 g/mol. The van der Waals surface area contributed by atoms with Crippen molar-refractivity contribution >= 4 is 33.4 Å². The van der Waals surface area contributed by atoms with Crippen molar-refractivity contribution in [2.24, 2.45) is 0 Å². The van der Waals surface area contributed by atoms with Crippen molar-refractivity contribution in [1.82, 2.24) is 5.32 Å². The van der Waals surface area contributed by atoms with E-state index in [0.29, 0.717) is 19.5 Å². The van der Waals surface area contributed by atoms with E-state index >= 15 is 0 Å². The highest BCUT2D eigenvalue weighted by atomic mass is 79.9. The van der Waals surface area contributed by atoms with E-state index in [1.807, 2.05) is 55.5 Å². The predicted molar refractivity (Wildman–Crippen MR) is 100 cm³/mol. The van der Waals surface area contributed by atoms with Crippen molar-refractivity contribution in [2.75, 3.05) is 18.0 Å². The zero-order valence-electron chi connectivity index (χ0n) is 13.9. The highest BCUT2D eigenvalue weighted by molar-refractivity contribution is 9.10. The van der Waals surface area contributed by atoms with E-state index in [1.165, 1.54) is 6.92 Å². The molecule has 126 valence electrons. The van der Waals surface area contributed by atoms with Gasteiger partial charge in [-0.05, 0) is 36.2 Å². The molecule has 4 nitrogen and oxygen atoms in total. The number of aryl methyl sites for hydroxylation is 1. The van der Waals surface area contributed by atoms with Gasteiger partial charge in [-0.1, -0.05) is 46.3 Å². The largest absolute Gasteiger partial charge is 0.354 e. The van der Waals surface area contributed by atoms with Gasteiger partial charge in [0.1, 0.15) is 0 Å². The summed E-state index contributed by atoms with van der Waals surface area (Å²) < 4.78 is 0.975. The third-order valence-electron chi connectivity index (χ3n) is 3.69. The normalized spacial score (nSPS) is 10.3. The van der Waals surface area contributed by atoms with Crippen molar-refractivity contribution in [1.29, 1.82) is 0 Å². The molecule has 0 unspecified atom stereocenters. The van der Waals surface area contributed by atoms with Crippen LogP contribution < -0.4 is 10.2 Å². The summed E-state index contributed by atoms with van der Waals surface area (Å²) in [6.07, 6.45) is 0.345. The lowest BCUT2D eigenvalue weighted by Gasteiger charge is -2.23. The van der Waals surface area contributed by atoms with Gasteiger partial charge in [-0.15, -0.1) is 0 Å². The summed E-state index contributed by atoms with van der Waals surface area (Å²) in [5.41, 5.74) is 2.85. The fourth-order valence-electron chi connectivity index (χ4n) is 2.52. The minimum atomic E-state index is -0.0442. The van der Waals surface area contributed by atoms with Gasteiger partial charge in [-0.2, -0.15) is 0 Å². The van der Waals surface area contributed by atoms with Crippen molar-refractivity contribution < 1.29 is 9.59 Å². The Hall–Kier alpha value is -2.14. The van der Waals surface area contributed by atoms with Crippen LogP contribution >= 0.6 is 15.9 Å². The van der Waals surface area contributed by atoms with Crippen LogP contribution in [-0.2, 0) is 16.0 Å². The highest BCUT2D eigenvalue weighted by Gasteiger charge is 2.14. The molecule has 0 aliphatic heterocycles. The number of halogens is 1. The van der Waals surface area contributed by atoms with Gasteiger partial charge in [0, 0.05) is 30.2 Å². The molecule has 2 amide bonds. The summed E-state index contributed by atoms with van der Waals surface area (Å²) in [5.74, 6) is -0.0880. The van der Waals surface area contributed by atoms with Crippen LogP contribution in [0.3, 0.4) is 0 Å². The summed E-state index contributed by atoms with van der Waals surface area (Å²) in [4.78, 5) is 25.6. The molecule has 24 heavy (non-hydrogen) atoms. The van der Waals surface area contributed by atoms with Crippen LogP contribution in [-0.4, -0.2) is 24.9 Å². The zero-order chi connectivity index (χ0) is 17.5. The molecule has 0 saturated heterocycles. The van der Waals surface area contributed by atoms with E-state index in [-0.39, 0.29) is 11.8 Å². The lowest BCUT2D eigenvalue weighted by molar-refractivity contribution is -0.121. The van der Waals surface area contributed by atoms with Crippen LogP contribution in [0.2, 0.25) is 0 Å². The Balaban J connectivity index is 1.92. The minimum absolute atomic E-state index is 0.0438. The average Bonchev–Trinajstić information content (AvgIpc) is 2.53. The molecule has 0 heterocycles. The van der Waals surface area contributed by atoms with Crippen LogP contribution in [0, 0.1) is 6.92 Å². The summed E-state index contributed by atoms with van der Waals surface area (Å²) in [6.45, 7) is 4.36. The third kappa shape index (κ3) is 5.20.